The number of halogens is 2. The molecule has 152 valence electrons. The summed E-state index contributed by atoms with van der Waals surface area (Å²) in [6.07, 6.45) is 5.40. The molecule has 0 radical (unpaired) electrons. The summed E-state index contributed by atoms with van der Waals surface area (Å²) in [6, 6.07) is 13.7. The van der Waals surface area contributed by atoms with Crippen molar-refractivity contribution >= 4 is 17.5 Å². The topological polar surface area (TPSA) is 64.7 Å². The summed E-state index contributed by atoms with van der Waals surface area (Å²) in [6.45, 7) is 2.78. The number of hydrogen-bond donors (Lipinski definition) is 1. The first-order chi connectivity index (χ1) is 14.5. The first-order valence-corrected chi connectivity index (χ1v) is 9.72. The van der Waals surface area contributed by atoms with Gasteiger partial charge in [-0.25, -0.2) is 14.1 Å². The fourth-order valence-corrected chi connectivity index (χ4v) is 3.57. The number of rotatable bonds is 6. The molecule has 0 bridgehead atoms. The number of carbonyl (C=O) groups excluding carboxylic acids is 1. The lowest BCUT2D eigenvalue weighted by molar-refractivity contribution is 0.0950. The molecule has 0 spiro atoms. The Balaban J connectivity index is 1.48. The van der Waals surface area contributed by atoms with Gasteiger partial charge >= 0.3 is 0 Å². The third-order valence-corrected chi connectivity index (χ3v) is 5.02. The molecule has 1 N–H and O–H groups in total. The summed E-state index contributed by atoms with van der Waals surface area (Å²) in [7, 11) is 0. The molecule has 4 aromatic rings. The molecule has 8 heteroatoms. The Morgan fingerprint density at radius 2 is 1.93 bits per heavy atom. The van der Waals surface area contributed by atoms with Gasteiger partial charge in [-0.05, 0) is 42.3 Å². The van der Waals surface area contributed by atoms with Crippen LogP contribution in [0, 0.1) is 12.7 Å². The third-order valence-electron chi connectivity index (χ3n) is 4.67. The van der Waals surface area contributed by atoms with Gasteiger partial charge in [-0.3, -0.25) is 4.79 Å². The number of aryl methyl sites for hydroxylation is 1. The zero-order valence-electron chi connectivity index (χ0n) is 16.2. The zero-order valence-corrected chi connectivity index (χ0v) is 17.0. The summed E-state index contributed by atoms with van der Waals surface area (Å²) in [5.41, 5.74) is 3.46. The van der Waals surface area contributed by atoms with Crippen LogP contribution in [0.4, 0.5) is 4.39 Å². The molecule has 0 atom stereocenters. The van der Waals surface area contributed by atoms with Crippen LogP contribution in [0.5, 0.6) is 0 Å². The summed E-state index contributed by atoms with van der Waals surface area (Å²) >= 11 is 6.42. The van der Waals surface area contributed by atoms with E-state index in [0.29, 0.717) is 30.0 Å². The van der Waals surface area contributed by atoms with E-state index in [0.717, 1.165) is 11.1 Å². The average molecular weight is 424 g/mol. The highest BCUT2D eigenvalue weighted by Crippen LogP contribution is 2.23. The molecule has 0 aliphatic carbocycles. The number of amides is 1. The van der Waals surface area contributed by atoms with E-state index in [1.54, 1.807) is 31.6 Å². The van der Waals surface area contributed by atoms with Crippen molar-refractivity contribution in [3.05, 3.63) is 101 Å². The summed E-state index contributed by atoms with van der Waals surface area (Å²) in [5.74, 6) is -0.669. The molecule has 2 aromatic heterocycles. The lowest BCUT2D eigenvalue weighted by Crippen LogP contribution is -2.23. The maximum absolute atomic E-state index is 13.2. The summed E-state index contributed by atoms with van der Waals surface area (Å²) in [5, 5.41) is 7.42. The van der Waals surface area contributed by atoms with Crippen molar-refractivity contribution < 1.29 is 9.18 Å². The van der Waals surface area contributed by atoms with Crippen molar-refractivity contribution in [2.45, 2.75) is 20.0 Å². The molecular formula is C22H19ClFN5O. The van der Waals surface area contributed by atoms with Gasteiger partial charge in [0, 0.05) is 25.5 Å². The predicted octanol–water partition coefficient (Wildman–Crippen LogP) is 4.15. The molecule has 6 nitrogen and oxygen atoms in total. The molecule has 2 heterocycles. The number of imidazole rings is 1. The SMILES string of the molecule is Cc1nn(-c2ccc(F)cc2)c(Cl)c1C(=O)NCc1cccc(Cn2ccnc2)c1. The monoisotopic (exact) mass is 423 g/mol. The fourth-order valence-electron chi connectivity index (χ4n) is 3.21. The Labute approximate surface area is 177 Å². The van der Waals surface area contributed by atoms with Crippen LogP contribution in [0.15, 0.2) is 67.3 Å². The Bertz CT molecular complexity index is 1170. The highest BCUT2D eigenvalue weighted by Gasteiger charge is 2.21. The predicted molar refractivity (Wildman–Crippen MR) is 112 cm³/mol. The fraction of sp³-hybridized carbons (Fsp3) is 0.136. The highest BCUT2D eigenvalue weighted by atomic mass is 35.5. The Morgan fingerprint density at radius 3 is 2.67 bits per heavy atom. The largest absolute Gasteiger partial charge is 0.348 e. The van der Waals surface area contributed by atoms with Crippen molar-refractivity contribution in [1.82, 2.24) is 24.6 Å². The maximum Gasteiger partial charge on any atom is 0.256 e. The normalized spacial score (nSPS) is 10.9. The van der Waals surface area contributed by atoms with Crippen molar-refractivity contribution in [3.8, 4) is 5.69 Å². The van der Waals surface area contributed by atoms with E-state index in [4.69, 9.17) is 11.6 Å². The second kappa shape index (κ2) is 8.51. The van der Waals surface area contributed by atoms with E-state index in [9.17, 15) is 9.18 Å². The highest BCUT2D eigenvalue weighted by molar-refractivity contribution is 6.33. The van der Waals surface area contributed by atoms with Crippen LogP contribution < -0.4 is 5.32 Å². The smallest absolute Gasteiger partial charge is 0.256 e. The van der Waals surface area contributed by atoms with Crippen molar-refractivity contribution in [1.29, 1.82) is 0 Å². The second-order valence-electron chi connectivity index (χ2n) is 6.88. The van der Waals surface area contributed by atoms with Crippen LogP contribution in [-0.4, -0.2) is 25.2 Å². The zero-order chi connectivity index (χ0) is 21.1. The van der Waals surface area contributed by atoms with E-state index >= 15 is 0 Å². The molecule has 2 aromatic carbocycles. The van der Waals surface area contributed by atoms with Gasteiger partial charge in [0.25, 0.3) is 5.91 Å². The minimum Gasteiger partial charge on any atom is -0.348 e. The number of hydrogen-bond acceptors (Lipinski definition) is 3. The van der Waals surface area contributed by atoms with Crippen molar-refractivity contribution in [2.24, 2.45) is 0 Å². The maximum atomic E-state index is 13.2. The van der Waals surface area contributed by atoms with Crippen molar-refractivity contribution in [2.75, 3.05) is 0 Å². The van der Waals surface area contributed by atoms with E-state index in [2.05, 4.69) is 15.4 Å². The summed E-state index contributed by atoms with van der Waals surface area (Å²) in [4.78, 5) is 16.8. The lowest BCUT2D eigenvalue weighted by Gasteiger charge is -2.08. The first-order valence-electron chi connectivity index (χ1n) is 9.34. The third kappa shape index (κ3) is 4.26. The molecule has 1 amide bonds. The van der Waals surface area contributed by atoms with Crippen LogP contribution in [0.2, 0.25) is 5.15 Å². The number of nitrogens with one attached hydrogen (secondary N) is 1. The minimum absolute atomic E-state index is 0.186. The van der Waals surface area contributed by atoms with Gasteiger partial charge in [-0.1, -0.05) is 35.9 Å². The molecule has 0 aliphatic rings. The van der Waals surface area contributed by atoms with E-state index in [1.165, 1.54) is 16.8 Å². The van der Waals surface area contributed by atoms with E-state index < -0.39 is 0 Å². The Morgan fingerprint density at radius 1 is 1.17 bits per heavy atom. The van der Waals surface area contributed by atoms with Gasteiger partial charge in [0.2, 0.25) is 0 Å². The first kappa shape index (κ1) is 19.8. The molecule has 0 saturated carbocycles. The quantitative estimate of drug-likeness (QED) is 0.506. The molecular weight excluding hydrogens is 405 g/mol. The van der Waals surface area contributed by atoms with Gasteiger partial charge in [0.05, 0.1) is 23.3 Å². The van der Waals surface area contributed by atoms with Gasteiger partial charge in [0.1, 0.15) is 11.0 Å². The van der Waals surface area contributed by atoms with E-state index in [-0.39, 0.29) is 16.9 Å². The number of carbonyl (C=O) groups is 1. The van der Waals surface area contributed by atoms with Crippen LogP contribution in [0.25, 0.3) is 5.69 Å². The molecule has 0 aliphatic heterocycles. The van der Waals surface area contributed by atoms with Gasteiger partial charge in [0.15, 0.2) is 0 Å². The summed E-state index contributed by atoms with van der Waals surface area (Å²) < 4.78 is 16.6. The average Bonchev–Trinajstić information content (AvgIpc) is 3.34. The number of benzene rings is 2. The molecule has 30 heavy (non-hydrogen) atoms. The molecule has 0 saturated heterocycles. The lowest BCUT2D eigenvalue weighted by atomic mass is 10.1. The Kier molecular flexibility index (Phi) is 5.63. The van der Waals surface area contributed by atoms with Gasteiger partial charge in [-0.2, -0.15) is 5.10 Å². The van der Waals surface area contributed by atoms with Crippen molar-refractivity contribution in [3.63, 3.8) is 0 Å². The molecule has 0 unspecified atom stereocenters. The molecule has 4 rings (SSSR count). The van der Waals surface area contributed by atoms with Crippen LogP contribution in [-0.2, 0) is 13.1 Å². The number of aromatic nitrogens is 4. The Hall–Kier alpha value is -3.45. The van der Waals surface area contributed by atoms with Crippen LogP contribution in [0.1, 0.15) is 27.2 Å². The van der Waals surface area contributed by atoms with Gasteiger partial charge < -0.3 is 9.88 Å². The van der Waals surface area contributed by atoms with Crippen LogP contribution >= 0.6 is 11.6 Å². The number of nitrogens with zero attached hydrogens (tertiary/aromatic N) is 4. The standard InChI is InChI=1S/C22H19ClFN5O/c1-15-20(21(23)29(27-15)19-7-5-18(24)6-8-19)22(30)26-12-16-3-2-4-17(11-16)13-28-10-9-25-14-28/h2-11,14H,12-13H2,1H3,(H,26,30). The van der Waals surface area contributed by atoms with Crippen LogP contribution in [0.3, 0.4) is 0 Å². The molecule has 0 fully saturated rings. The minimum atomic E-state index is -0.355. The second-order valence-corrected chi connectivity index (χ2v) is 7.24. The van der Waals surface area contributed by atoms with Gasteiger partial charge in [-0.15, -0.1) is 0 Å². The van der Waals surface area contributed by atoms with E-state index in [1.807, 2.05) is 35.0 Å².